The summed E-state index contributed by atoms with van der Waals surface area (Å²) in [7, 11) is 0. The van der Waals surface area contributed by atoms with Crippen molar-refractivity contribution in [1.29, 1.82) is 0 Å². The second-order valence-corrected chi connectivity index (χ2v) is 32.6. The lowest BCUT2D eigenvalue weighted by Crippen LogP contribution is -2.49. The third kappa shape index (κ3) is 62.6. The molecular formula is C93H163Cl2N5O17. The fraction of sp³-hybridized carbons (Fsp3) is 0.817. The molecule has 0 saturated heterocycles. The normalized spacial score (nSPS) is 13.2. The van der Waals surface area contributed by atoms with E-state index in [2.05, 4.69) is 40.4 Å². The van der Waals surface area contributed by atoms with Crippen molar-refractivity contribution in [2.24, 2.45) is 5.41 Å². The third-order valence-corrected chi connectivity index (χ3v) is 22.3. The van der Waals surface area contributed by atoms with Gasteiger partial charge in [-0.05, 0) is 87.9 Å². The monoisotopic (exact) mass is 1690 g/mol. The lowest BCUT2D eigenvalue weighted by Gasteiger charge is -2.29. The summed E-state index contributed by atoms with van der Waals surface area (Å²) in [4.78, 5) is 63.9. The number of anilines is 1. The first-order valence-electron chi connectivity index (χ1n) is 46.5. The Labute approximate surface area is 717 Å². The quantitative estimate of drug-likeness (QED) is 0.0336. The topological polar surface area (TPSA) is 267 Å². The number of nitrogens with one attached hydrogen (secondary N) is 5. The van der Waals surface area contributed by atoms with E-state index in [1.54, 1.807) is 42.5 Å². The van der Waals surface area contributed by atoms with Crippen LogP contribution in [0.3, 0.4) is 0 Å². The van der Waals surface area contributed by atoms with Gasteiger partial charge in [0.2, 0.25) is 17.7 Å². The van der Waals surface area contributed by atoms with Crippen LogP contribution in [0.25, 0.3) is 0 Å². The van der Waals surface area contributed by atoms with Crippen molar-refractivity contribution >= 4 is 58.5 Å². The van der Waals surface area contributed by atoms with Crippen LogP contribution in [0.2, 0.25) is 10.0 Å². The van der Waals surface area contributed by atoms with Gasteiger partial charge in [-0.1, -0.05) is 286 Å². The fourth-order valence-corrected chi connectivity index (χ4v) is 15.0. The number of benzene rings is 2. The first-order chi connectivity index (χ1) is 57.5. The number of carbonyl (C=O) groups is 5. The van der Waals surface area contributed by atoms with Crippen molar-refractivity contribution in [2.45, 2.75) is 321 Å². The highest BCUT2D eigenvalue weighted by Crippen LogP contribution is 2.41. The summed E-state index contributed by atoms with van der Waals surface area (Å²) in [6, 6.07) is 10.3. The molecule has 2 aromatic rings. The van der Waals surface area contributed by atoms with E-state index in [9.17, 15) is 29.1 Å². The Morgan fingerprint density at radius 2 is 0.761 bits per heavy atom. The molecule has 0 aromatic heterocycles. The molecule has 4 amide bonds. The van der Waals surface area contributed by atoms with Crippen LogP contribution < -0.4 is 26.6 Å². The van der Waals surface area contributed by atoms with Crippen LogP contribution in [0.15, 0.2) is 42.5 Å². The molecule has 2 aromatic carbocycles. The Morgan fingerprint density at radius 3 is 1.15 bits per heavy atom. The van der Waals surface area contributed by atoms with Crippen molar-refractivity contribution in [1.82, 2.24) is 21.3 Å². The van der Waals surface area contributed by atoms with Gasteiger partial charge in [0.15, 0.2) is 0 Å². The fourth-order valence-electron chi connectivity index (χ4n) is 14.4. The molecule has 0 heterocycles. The van der Waals surface area contributed by atoms with Gasteiger partial charge in [-0.25, -0.2) is 4.79 Å². The molecule has 6 N–H and O–H groups in total. The van der Waals surface area contributed by atoms with Crippen LogP contribution in [0.1, 0.15) is 319 Å². The number of unbranched alkanes of at least 4 members (excludes halogenated alkanes) is 34. The maximum absolute atomic E-state index is 13.7. The van der Waals surface area contributed by atoms with Gasteiger partial charge in [0.1, 0.15) is 6.04 Å². The summed E-state index contributed by atoms with van der Waals surface area (Å²) in [5.74, 6) is -2.20. The van der Waals surface area contributed by atoms with Crippen LogP contribution >= 0.6 is 23.2 Å². The Morgan fingerprint density at radius 1 is 0.402 bits per heavy atom. The minimum atomic E-state index is -1.18. The van der Waals surface area contributed by atoms with Gasteiger partial charge < -0.3 is 83.8 Å². The molecule has 676 valence electrons. The Bertz CT molecular complexity index is 2630. The second kappa shape index (κ2) is 79.1. The van der Waals surface area contributed by atoms with E-state index in [0.29, 0.717) is 162 Å². The molecule has 24 heteroatoms. The smallest absolute Gasteiger partial charge is 0.326 e. The molecule has 2 unspecified atom stereocenters. The molecule has 1 aliphatic rings. The van der Waals surface area contributed by atoms with E-state index >= 15 is 0 Å². The van der Waals surface area contributed by atoms with Crippen molar-refractivity contribution in [2.75, 3.05) is 170 Å². The number of hydrogen-bond acceptors (Lipinski definition) is 17. The SMILES string of the molecule is CCCCCCCCCCCCCCCCCCCCOCC(CCNCCCNC(=O)CCOCCOCCOCCOCCOCCOCCOCCOCCOCCC(=O)NCCC1(C(=O)NC(Cc2ccc(NC(=O)c3c(Cl)cccc3Cl)cc2)C(=O)O)CCCC1)OCCCCCCCCCCCCCCCCCCCC. The van der Waals surface area contributed by atoms with E-state index in [4.69, 9.17) is 75.3 Å². The summed E-state index contributed by atoms with van der Waals surface area (Å²) in [5.41, 5.74) is 0.468. The standard InChI is InChI=1S/C93H163Cl2N5O17/c1-3-5-7-9-11-13-15-17-19-21-23-25-27-29-31-33-35-39-59-116-80-83(117-60-40-36-34-32-30-28-26-24-22-20-18-16-14-12-10-8-6-4-2)49-57-96-55-42-56-97-87(101)50-61-107-63-65-109-67-69-111-71-73-113-75-77-115-78-76-114-74-72-112-70-68-110-66-64-108-62-51-88(102)98-58-54-93(52-37-38-53-93)92(106)100-86(91(104)105)79-81-45-47-82(48-46-81)99-90(103)89-84(94)43-41-44-85(89)95/h41,43-48,83,86,96H,3-40,42,49-80H2,1-2H3,(H,97,101)(H,98,102)(H,99,103)(H,100,106)(H,104,105). The molecule has 0 spiro atoms. The predicted molar refractivity (Wildman–Crippen MR) is 472 cm³/mol. The zero-order chi connectivity index (χ0) is 83.9. The van der Waals surface area contributed by atoms with Crippen LogP contribution in [-0.4, -0.2) is 212 Å². The minimum absolute atomic E-state index is 0.00596. The summed E-state index contributed by atoms with van der Waals surface area (Å²) >= 11 is 12.4. The van der Waals surface area contributed by atoms with Gasteiger partial charge >= 0.3 is 5.97 Å². The predicted octanol–water partition coefficient (Wildman–Crippen LogP) is 19.3. The van der Waals surface area contributed by atoms with E-state index in [0.717, 1.165) is 64.8 Å². The zero-order valence-electron chi connectivity index (χ0n) is 73.1. The lowest BCUT2D eigenvalue weighted by molar-refractivity contribution is -0.144. The number of carbonyl (C=O) groups excluding carboxylic acids is 4. The van der Waals surface area contributed by atoms with Gasteiger partial charge in [0.25, 0.3) is 5.91 Å². The van der Waals surface area contributed by atoms with Crippen molar-refractivity contribution in [3.63, 3.8) is 0 Å². The van der Waals surface area contributed by atoms with Crippen LogP contribution in [0.4, 0.5) is 5.69 Å². The number of aliphatic carboxylic acids is 1. The maximum Gasteiger partial charge on any atom is 0.326 e. The first-order valence-corrected chi connectivity index (χ1v) is 47.2. The summed E-state index contributed by atoms with van der Waals surface area (Å²) in [6.45, 7) is 16.7. The van der Waals surface area contributed by atoms with Gasteiger partial charge in [-0.2, -0.15) is 0 Å². The number of rotatable bonds is 88. The van der Waals surface area contributed by atoms with Crippen molar-refractivity contribution in [3.8, 4) is 0 Å². The van der Waals surface area contributed by atoms with Gasteiger partial charge in [0, 0.05) is 51.3 Å². The summed E-state index contributed by atoms with van der Waals surface area (Å²) in [5, 5.41) is 25.5. The number of halogens is 2. The highest BCUT2D eigenvalue weighted by molar-refractivity contribution is 6.40. The third-order valence-electron chi connectivity index (χ3n) is 21.6. The number of carboxylic acids is 1. The zero-order valence-corrected chi connectivity index (χ0v) is 74.6. The number of ether oxygens (including phenoxy) is 11. The largest absolute Gasteiger partial charge is 0.480 e. The van der Waals surface area contributed by atoms with E-state index in [-0.39, 0.29) is 65.4 Å². The molecule has 22 nitrogen and oxygen atoms in total. The Hall–Kier alpha value is -4.11. The van der Waals surface area contributed by atoms with Crippen LogP contribution in [-0.2, 0) is 77.7 Å². The Balaban J connectivity index is 1.06. The molecule has 0 bridgehead atoms. The number of carboxylic acid groups (broad SMARTS) is 1. The van der Waals surface area contributed by atoms with Crippen LogP contribution in [0, 0.1) is 5.41 Å². The molecule has 3 rings (SSSR count). The second-order valence-electron chi connectivity index (χ2n) is 31.7. The van der Waals surface area contributed by atoms with Crippen molar-refractivity contribution in [3.05, 3.63) is 63.6 Å². The molecular weight excluding hydrogens is 1530 g/mol. The molecule has 117 heavy (non-hydrogen) atoms. The number of amides is 4. The van der Waals surface area contributed by atoms with E-state index < -0.39 is 23.3 Å². The highest BCUT2D eigenvalue weighted by Gasteiger charge is 2.42. The molecule has 1 aliphatic carbocycles. The summed E-state index contributed by atoms with van der Waals surface area (Å²) in [6.07, 6.45) is 55.3. The highest BCUT2D eigenvalue weighted by atomic mass is 35.5. The first kappa shape index (κ1) is 107. The number of hydrogen-bond donors (Lipinski definition) is 6. The van der Waals surface area contributed by atoms with Crippen LogP contribution in [0.5, 0.6) is 0 Å². The molecule has 0 radical (unpaired) electrons. The molecule has 2 atom stereocenters. The summed E-state index contributed by atoms with van der Waals surface area (Å²) < 4.78 is 63.0. The minimum Gasteiger partial charge on any atom is -0.480 e. The molecule has 1 fully saturated rings. The Kier molecular flexibility index (Phi) is 72.4. The van der Waals surface area contributed by atoms with E-state index in [1.807, 2.05) is 0 Å². The molecule has 1 saturated carbocycles. The molecule has 0 aliphatic heterocycles. The van der Waals surface area contributed by atoms with Gasteiger partial charge in [-0.3, -0.25) is 19.2 Å². The van der Waals surface area contributed by atoms with E-state index in [1.165, 1.54) is 218 Å². The average Bonchev–Trinajstić information content (AvgIpc) is 1.76. The average molecular weight is 1690 g/mol. The van der Waals surface area contributed by atoms with Crippen molar-refractivity contribution < 1.29 is 81.2 Å². The maximum atomic E-state index is 13.7. The lowest BCUT2D eigenvalue weighted by atomic mass is 9.81. The van der Waals surface area contributed by atoms with Gasteiger partial charge in [-0.15, -0.1) is 0 Å². The van der Waals surface area contributed by atoms with Gasteiger partial charge in [0.05, 0.1) is 153 Å².